The average molecular weight is 469 g/mol. The van der Waals surface area contributed by atoms with Crippen LogP contribution in [0.25, 0.3) is 0 Å². The zero-order valence-corrected chi connectivity index (χ0v) is 23.8. The first-order chi connectivity index (χ1) is 15.7. The van der Waals surface area contributed by atoms with E-state index in [4.69, 9.17) is 4.74 Å². The number of rotatable bonds is 4. The maximum atomic E-state index is 13.7. The molecule has 4 aliphatic carbocycles. The van der Waals surface area contributed by atoms with Gasteiger partial charge in [0.25, 0.3) is 0 Å². The van der Waals surface area contributed by atoms with Gasteiger partial charge in [-0.2, -0.15) is 0 Å². The molecule has 1 saturated heterocycles. The van der Waals surface area contributed by atoms with E-state index in [1.165, 1.54) is 32.1 Å². The third-order valence-electron chi connectivity index (χ3n) is 13.2. The summed E-state index contributed by atoms with van der Waals surface area (Å²) in [5.41, 5.74) is 2.26. The lowest BCUT2D eigenvalue weighted by Gasteiger charge is -2.62. The van der Waals surface area contributed by atoms with Crippen LogP contribution in [0.4, 0.5) is 0 Å². The van der Waals surface area contributed by atoms with Crippen LogP contribution in [0.15, 0.2) is 11.6 Å². The van der Waals surface area contributed by atoms with Gasteiger partial charge in [0.15, 0.2) is 5.78 Å². The molecule has 0 aromatic rings. The molecule has 0 aromatic heterocycles. The first kappa shape index (κ1) is 25.0. The van der Waals surface area contributed by atoms with Crippen molar-refractivity contribution in [2.75, 3.05) is 0 Å². The second-order valence-corrected chi connectivity index (χ2v) is 15.3. The predicted molar refractivity (Wildman–Crippen MR) is 140 cm³/mol. The number of carbonyl (C=O) groups excluding carboxylic acids is 1. The van der Waals surface area contributed by atoms with E-state index in [1.807, 2.05) is 0 Å². The number of fused-ring (bicyclic) bond motifs is 5. The van der Waals surface area contributed by atoms with Crippen molar-refractivity contribution < 1.29 is 9.53 Å². The Kier molecular flexibility index (Phi) is 5.66. The molecular formula is C32H52O2. The second kappa shape index (κ2) is 7.69. The monoisotopic (exact) mass is 468 g/mol. The minimum atomic E-state index is 0.141. The smallest absolute Gasteiger partial charge is 0.159 e. The second-order valence-electron chi connectivity index (χ2n) is 15.3. The van der Waals surface area contributed by atoms with Crippen LogP contribution in [-0.2, 0) is 9.53 Å². The number of ketones is 1. The molecule has 192 valence electrons. The molecule has 1 heterocycles. The van der Waals surface area contributed by atoms with E-state index in [2.05, 4.69) is 75.3 Å². The summed E-state index contributed by atoms with van der Waals surface area (Å²) in [7, 11) is 0. The fourth-order valence-corrected chi connectivity index (χ4v) is 10.2. The average Bonchev–Trinajstić information content (AvgIpc) is 3.49. The lowest BCUT2D eigenvalue weighted by Crippen LogP contribution is -2.56. The van der Waals surface area contributed by atoms with Crippen molar-refractivity contribution in [1.29, 1.82) is 0 Å². The van der Waals surface area contributed by atoms with Crippen LogP contribution >= 0.6 is 0 Å². The van der Waals surface area contributed by atoms with Crippen molar-refractivity contribution in [3.05, 3.63) is 11.6 Å². The van der Waals surface area contributed by atoms with E-state index in [0.29, 0.717) is 47.6 Å². The molecule has 0 N–H and O–H groups in total. The van der Waals surface area contributed by atoms with Crippen molar-refractivity contribution in [1.82, 2.24) is 0 Å². The Morgan fingerprint density at radius 2 is 1.68 bits per heavy atom. The largest absolute Gasteiger partial charge is 0.369 e. The summed E-state index contributed by atoms with van der Waals surface area (Å²) >= 11 is 0. The Balaban J connectivity index is 1.47. The summed E-state index contributed by atoms with van der Waals surface area (Å²) < 4.78 is 6.44. The molecule has 5 aliphatic rings. The summed E-state index contributed by atoms with van der Waals surface area (Å²) in [4.78, 5) is 13.7. The number of carbonyl (C=O) groups is 1. The van der Waals surface area contributed by atoms with Crippen molar-refractivity contribution >= 4 is 5.78 Å². The van der Waals surface area contributed by atoms with E-state index >= 15 is 0 Å². The van der Waals surface area contributed by atoms with Crippen molar-refractivity contribution in [2.24, 2.45) is 63.1 Å². The molecule has 2 heteroatoms. The van der Waals surface area contributed by atoms with Gasteiger partial charge in [0.2, 0.25) is 0 Å². The topological polar surface area (TPSA) is 29.6 Å². The van der Waals surface area contributed by atoms with Crippen molar-refractivity contribution in [3.63, 3.8) is 0 Å². The van der Waals surface area contributed by atoms with Crippen LogP contribution in [0.1, 0.15) is 108 Å². The van der Waals surface area contributed by atoms with Gasteiger partial charge in [-0.15, -0.1) is 0 Å². The van der Waals surface area contributed by atoms with Gasteiger partial charge in [-0.1, -0.05) is 74.8 Å². The maximum absolute atomic E-state index is 13.7. The summed E-state index contributed by atoms with van der Waals surface area (Å²) in [5, 5.41) is 0. The van der Waals surface area contributed by atoms with Crippen LogP contribution in [0.5, 0.6) is 0 Å². The molecule has 1 aliphatic heterocycles. The third kappa shape index (κ3) is 3.18. The third-order valence-corrected chi connectivity index (χ3v) is 13.2. The molecular weight excluding hydrogens is 416 g/mol. The zero-order chi connectivity index (χ0) is 25.0. The Hall–Kier alpha value is -0.630. The van der Waals surface area contributed by atoms with Gasteiger partial charge in [-0.05, 0) is 102 Å². The lowest BCUT2D eigenvalue weighted by molar-refractivity contribution is -0.134. The first-order valence-electron chi connectivity index (χ1n) is 14.6. The molecule has 3 unspecified atom stereocenters. The van der Waals surface area contributed by atoms with Crippen LogP contribution in [0.3, 0.4) is 0 Å². The van der Waals surface area contributed by atoms with Crippen molar-refractivity contribution in [3.8, 4) is 0 Å². The minimum Gasteiger partial charge on any atom is -0.369 e. The highest BCUT2D eigenvalue weighted by atomic mass is 16.6. The molecule has 11 atom stereocenters. The normalized spacial score (nSPS) is 51.4. The van der Waals surface area contributed by atoms with Gasteiger partial charge in [0.1, 0.15) is 0 Å². The van der Waals surface area contributed by atoms with E-state index in [1.54, 1.807) is 5.57 Å². The van der Waals surface area contributed by atoms with Gasteiger partial charge in [-0.3, -0.25) is 4.79 Å². The SMILES string of the molecule is CC(C)C(C)C1O[C@H]1C(C)(C)[C@H]1CC[C@@]2(C)C3=CC(=O)[C@@H]4C[C@@H](C)[C@@H](C)C[C@]4(C)C3CC[C@]12C. The van der Waals surface area contributed by atoms with E-state index < -0.39 is 0 Å². The van der Waals surface area contributed by atoms with Gasteiger partial charge in [-0.25, -0.2) is 0 Å². The fraction of sp³-hybridized carbons (Fsp3) is 0.906. The van der Waals surface area contributed by atoms with Gasteiger partial charge in [0, 0.05) is 5.92 Å². The van der Waals surface area contributed by atoms with Crippen LogP contribution in [0, 0.1) is 63.1 Å². The van der Waals surface area contributed by atoms with Gasteiger partial charge in [0.05, 0.1) is 12.2 Å². The quantitative estimate of drug-likeness (QED) is 0.390. The number of hydrogen-bond donors (Lipinski definition) is 0. The fourth-order valence-electron chi connectivity index (χ4n) is 10.2. The molecule has 0 bridgehead atoms. The molecule has 0 radical (unpaired) electrons. The molecule has 2 nitrogen and oxygen atoms in total. The molecule has 3 saturated carbocycles. The Morgan fingerprint density at radius 1 is 1.00 bits per heavy atom. The Labute approximate surface area is 210 Å². The number of allylic oxidation sites excluding steroid dienone is 2. The van der Waals surface area contributed by atoms with Gasteiger partial charge >= 0.3 is 0 Å². The van der Waals surface area contributed by atoms with E-state index in [-0.39, 0.29) is 27.6 Å². The zero-order valence-electron chi connectivity index (χ0n) is 23.8. The summed E-state index contributed by atoms with van der Waals surface area (Å²) in [5.74, 6) is 4.60. The number of epoxide rings is 1. The Bertz CT molecular complexity index is 883. The highest BCUT2D eigenvalue weighted by Crippen LogP contribution is 2.74. The highest BCUT2D eigenvalue weighted by molar-refractivity contribution is 5.94. The summed E-state index contributed by atoms with van der Waals surface area (Å²) in [6.07, 6.45) is 10.4. The summed E-state index contributed by atoms with van der Waals surface area (Å²) in [6, 6.07) is 0. The highest BCUT2D eigenvalue weighted by Gasteiger charge is 2.68. The Morgan fingerprint density at radius 3 is 2.32 bits per heavy atom. The molecule has 4 fully saturated rings. The number of ether oxygens (including phenoxy) is 1. The maximum Gasteiger partial charge on any atom is 0.159 e. The predicted octanol–water partition coefficient (Wildman–Crippen LogP) is 8.10. The lowest BCUT2D eigenvalue weighted by atomic mass is 9.42. The van der Waals surface area contributed by atoms with Crippen LogP contribution in [0.2, 0.25) is 0 Å². The minimum absolute atomic E-state index is 0.141. The van der Waals surface area contributed by atoms with Crippen molar-refractivity contribution in [2.45, 2.75) is 120 Å². The molecule has 34 heavy (non-hydrogen) atoms. The van der Waals surface area contributed by atoms with E-state index in [9.17, 15) is 4.79 Å². The summed E-state index contributed by atoms with van der Waals surface area (Å²) in [6.45, 7) is 24.5. The number of hydrogen-bond acceptors (Lipinski definition) is 2. The molecule has 5 rings (SSSR count). The molecule has 0 aromatic carbocycles. The van der Waals surface area contributed by atoms with E-state index in [0.717, 1.165) is 12.3 Å². The first-order valence-corrected chi connectivity index (χ1v) is 14.6. The van der Waals surface area contributed by atoms with Gasteiger partial charge < -0.3 is 4.74 Å². The standard InChI is InChI=1S/C32H52O2/c1-18(2)21(5)27-28(34-27)29(6,7)26-12-14-31(9)23-16-25(33)24-15-19(3)20(4)17-30(24,8)22(23)11-13-32(26,31)10/h16,18-22,24,26-28H,11-15,17H2,1-10H3/t19-,20+,21?,22?,24+,26-,27?,28-,30-,31+,32-/m1/s1. The van der Waals surface area contributed by atoms with Crippen LogP contribution < -0.4 is 0 Å². The van der Waals surface area contributed by atoms with Crippen LogP contribution in [-0.4, -0.2) is 18.0 Å². The molecule has 0 amide bonds. The molecule has 0 spiro atoms.